The van der Waals surface area contributed by atoms with Crippen LogP contribution in [0.15, 0.2) is 6.07 Å². The molecule has 20 heavy (non-hydrogen) atoms. The Morgan fingerprint density at radius 2 is 2.25 bits per heavy atom. The molecule has 1 aromatic rings. The number of ketones is 1. The summed E-state index contributed by atoms with van der Waals surface area (Å²) in [7, 11) is 1.60. The van der Waals surface area contributed by atoms with Gasteiger partial charge in [-0.1, -0.05) is 6.92 Å². The Balaban J connectivity index is 3.22. The van der Waals surface area contributed by atoms with E-state index in [1.807, 2.05) is 18.7 Å². The van der Waals surface area contributed by atoms with Crippen molar-refractivity contribution in [1.82, 2.24) is 0 Å². The van der Waals surface area contributed by atoms with Gasteiger partial charge in [0.2, 0.25) is 0 Å². The standard InChI is InChI=1S/C13H20N2O4S/c1-5-9(2)14(6-7-19-4)13-11(15(17)18)8-12(20-13)10(3)16/h8-9H,5-7H2,1-4H3. The van der Waals surface area contributed by atoms with E-state index in [-0.39, 0.29) is 17.5 Å². The summed E-state index contributed by atoms with van der Waals surface area (Å²) in [5.74, 6) is -0.153. The highest BCUT2D eigenvalue weighted by Crippen LogP contribution is 2.39. The smallest absolute Gasteiger partial charge is 0.304 e. The van der Waals surface area contributed by atoms with E-state index in [9.17, 15) is 14.9 Å². The number of carbonyl (C=O) groups is 1. The highest BCUT2D eigenvalue weighted by Gasteiger charge is 2.27. The summed E-state index contributed by atoms with van der Waals surface area (Å²) in [6, 6.07) is 1.51. The van der Waals surface area contributed by atoms with Gasteiger partial charge in [0.05, 0.1) is 16.4 Å². The zero-order valence-corrected chi connectivity index (χ0v) is 13.0. The number of anilines is 1. The summed E-state index contributed by atoms with van der Waals surface area (Å²) < 4.78 is 5.07. The van der Waals surface area contributed by atoms with Gasteiger partial charge in [-0.15, -0.1) is 11.3 Å². The topological polar surface area (TPSA) is 72.7 Å². The Morgan fingerprint density at radius 1 is 1.60 bits per heavy atom. The number of hydrogen-bond acceptors (Lipinski definition) is 6. The van der Waals surface area contributed by atoms with Crippen LogP contribution < -0.4 is 4.90 Å². The van der Waals surface area contributed by atoms with Gasteiger partial charge in [0, 0.05) is 25.8 Å². The first-order chi connectivity index (χ1) is 9.42. The predicted molar refractivity (Wildman–Crippen MR) is 80.0 cm³/mol. The zero-order valence-electron chi connectivity index (χ0n) is 12.2. The number of nitro groups is 1. The van der Waals surface area contributed by atoms with E-state index in [4.69, 9.17) is 4.74 Å². The van der Waals surface area contributed by atoms with Crippen LogP contribution in [0, 0.1) is 10.1 Å². The molecule has 0 fully saturated rings. The lowest BCUT2D eigenvalue weighted by atomic mass is 10.2. The molecule has 0 N–H and O–H groups in total. The van der Waals surface area contributed by atoms with Gasteiger partial charge in [0.25, 0.3) is 0 Å². The van der Waals surface area contributed by atoms with Crippen molar-refractivity contribution >= 4 is 27.8 Å². The fourth-order valence-corrected chi connectivity index (χ4v) is 2.96. The zero-order chi connectivity index (χ0) is 15.3. The maximum absolute atomic E-state index is 11.5. The van der Waals surface area contributed by atoms with Crippen LogP contribution in [0.3, 0.4) is 0 Å². The molecular formula is C13H20N2O4S. The van der Waals surface area contributed by atoms with Gasteiger partial charge in [0.15, 0.2) is 10.8 Å². The molecule has 0 bridgehead atoms. The quantitative estimate of drug-likeness (QED) is 0.419. The molecule has 0 saturated heterocycles. The normalized spacial score (nSPS) is 12.2. The molecular weight excluding hydrogens is 280 g/mol. The molecule has 1 rings (SSSR count). The van der Waals surface area contributed by atoms with Crippen LogP contribution in [-0.2, 0) is 4.74 Å². The molecule has 6 nitrogen and oxygen atoms in total. The third-order valence-electron chi connectivity index (χ3n) is 3.16. The molecule has 0 aliphatic carbocycles. The lowest BCUT2D eigenvalue weighted by Gasteiger charge is -2.28. The third kappa shape index (κ3) is 3.77. The molecule has 1 unspecified atom stereocenters. The van der Waals surface area contributed by atoms with Gasteiger partial charge >= 0.3 is 5.69 Å². The van der Waals surface area contributed by atoms with Gasteiger partial charge in [-0.05, 0) is 20.3 Å². The minimum Gasteiger partial charge on any atom is -0.383 e. The molecule has 0 amide bonds. The second kappa shape index (κ2) is 7.35. The van der Waals surface area contributed by atoms with Crippen molar-refractivity contribution in [2.24, 2.45) is 0 Å². The van der Waals surface area contributed by atoms with E-state index in [1.54, 1.807) is 7.11 Å². The van der Waals surface area contributed by atoms with E-state index in [0.29, 0.717) is 23.0 Å². The second-order valence-corrected chi connectivity index (χ2v) is 5.59. The summed E-state index contributed by atoms with van der Waals surface area (Å²) in [6.07, 6.45) is 0.855. The SMILES string of the molecule is CCC(C)N(CCOC)c1sc(C(C)=O)cc1[N+](=O)[O-]. The lowest BCUT2D eigenvalue weighted by Crippen LogP contribution is -2.35. The van der Waals surface area contributed by atoms with Crippen LogP contribution in [0.1, 0.15) is 36.9 Å². The summed E-state index contributed by atoms with van der Waals surface area (Å²) in [4.78, 5) is 24.6. The number of Topliss-reactive ketones (excluding diaryl/α,β-unsaturated/α-hetero) is 1. The monoisotopic (exact) mass is 300 g/mol. The first-order valence-electron chi connectivity index (χ1n) is 6.47. The molecule has 1 heterocycles. The Morgan fingerprint density at radius 3 is 2.70 bits per heavy atom. The third-order valence-corrected chi connectivity index (χ3v) is 4.42. The van der Waals surface area contributed by atoms with Crippen molar-refractivity contribution < 1.29 is 14.5 Å². The van der Waals surface area contributed by atoms with Gasteiger partial charge in [-0.25, -0.2) is 0 Å². The predicted octanol–water partition coefficient (Wildman–Crippen LogP) is 3.11. The lowest BCUT2D eigenvalue weighted by molar-refractivity contribution is -0.383. The minimum absolute atomic E-state index is 0.00315. The van der Waals surface area contributed by atoms with Gasteiger partial charge in [0.1, 0.15) is 0 Å². The van der Waals surface area contributed by atoms with Crippen LogP contribution in [-0.4, -0.2) is 37.0 Å². The highest BCUT2D eigenvalue weighted by atomic mass is 32.1. The molecule has 0 spiro atoms. The average molecular weight is 300 g/mol. The van der Waals surface area contributed by atoms with Crippen LogP contribution in [0.5, 0.6) is 0 Å². The molecule has 112 valence electrons. The number of ether oxygens (including phenoxy) is 1. The summed E-state index contributed by atoms with van der Waals surface area (Å²) in [6.45, 7) is 6.49. The number of carbonyl (C=O) groups excluding carboxylic acids is 1. The number of nitrogens with zero attached hydrogens (tertiary/aromatic N) is 2. The van der Waals surface area contributed by atoms with E-state index in [1.165, 1.54) is 24.3 Å². The van der Waals surface area contributed by atoms with Gasteiger partial charge < -0.3 is 9.64 Å². The van der Waals surface area contributed by atoms with Crippen LogP contribution in [0.4, 0.5) is 10.7 Å². The maximum Gasteiger partial charge on any atom is 0.304 e. The Labute approximate surface area is 122 Å². The number of methoxy groups -OCH3 is 1. The van der Waals surface area contributed by atoms with E-state index in [2.05, 4.69) is 0 Å². The Hall–Kier alpha value is -1.47. The van der Waals surface area contributed by atoms with Crippen molar-refractivity contribution in [2.45, 2.75) is 33.2 Å². The number of rotatable bonds is 8. The largest absolute Gasteiger partial charge is 0.383 e. The maximum atomic E-state index is 11.5. The first-order valence-corrected chi connectivity index (χ1v) is 7.28. The number of thiophene rings is 1. The van der Waals surface area contributed by atoms with Crippen LogP contribution in [0.2, 0.25) is 0 Å². The second-order valence-electron chi connectivity index (χ2n) is 4.56. The molecule has 0 aliphatic rings. The van der Waals surface area contributed by atoms with Crippen molar-refractivity contribution in [2.75, 3.05) is 25.2 Å². The Kier molecular flexibility index (Phi) is 6.09. The van der Waals surface area contributed by atoms with E-state index in [0.717, 1.165) is 6.42 Å². The van der Waals surface area contributed by atoms with Gasteiger partial charge in [-0.3, -0.25) is 14.9 Å². The first kappa shape index (κ1) is 16.6. The summed E-state index contributed by atoms with van der Waals surface area (Å²) in [5, 5.41) is 11.7. The fourth-order valence-electron chi connectivity index (χ4n) is 1.81. The van der Waals surface area contributed by atoms with Crippen molar-refractivity contribution in [3.05, 3.63) is 21.1 Å². The number of hydrogen-bond donors (Lipinski definition) is 0. The Bertz CT molecular complexity index is 487. The molecule has 7 heteroatoms. The van der Waals surface area contributed by atoms with Crippen molar-refractivity contribution in [3.63, 3.8) is 0 Å². The van der Waals surface area contributed by atoms with Crippen molar-refractivity contribution in [1.29, 1.82) is 0 Å². The van der Waals surface area contributed by atoms with Gasteiger partial charge in [-0.2, -0.15) is 0 Å². The van der Waals surface area contributed by atoms with Crippen LogP contribution in [0.25, 0.3) is 0 Å². The molecule has 0 aromatic carbocycles. The van der Waals surface area contributed by atoms with Crippen LogP contribution >= 0.6 is 11.3 Å². The molecule has 1 aromatic heterocycles. The molecule has 0 aliphatic heterocycles. The highest BCUT2D eigenvalue weighted by molar-refractivity contribution is 7.18. The molecule has 0 saturated carbocycles. The van der Waals surface area contributed by atoms with E-state index >= 15 is 0 Å². The van der Waals surface area contributed by atoms with E-state index < -0.39 is 4.92 Å². The minimum atomic E-state index is -0.430. The molecule has 0 radical (unpaired) electrons. The molecule has 1 atom stereocenters. The average Bonchev–Trinajstić information content (AvgIpc) is 2.84. The summed E-state index contributed by atoms with van der Waals surface area (Å²) >= 11 is 1.18. The van der Waals surface area contributed by atoms with Crippen molar-refractivity contribution in [3.8, 4) is 0 Å². The fraction of sp³-hybridized carbons (Fsp3) is 0.615. The summed E-state index contributed by atoms with van der Waals surface area (Å²) in [5.41, 5.74) is -0.00315.